The molecule has 1 aromatic heterocycles. The van der Waals surface area contributed by atoms with Crippen LogP contribution >= 0.6 is 11.7 Å². The average molecular weight is 223 g/mol. The number of halogens is 1. The fraction of sp³-hybridized carbons (Fsp3) is 0.200. The van der Waals surface area contributed by atoms with E-state index in [0.717, 1.165) is 23.0 Å². The summed E-state index contributed by atoms with van der Waals surface area (Å²) >= 11 is 1.13. The van der Waals surface area contributed by atoms with E-state index in [0.29, 0.717) is 6.42 Å². The molecule has 1 unspecified atom stereocenters. The van der Waals surface area contributed by atoms with E-state index in [2.05, 4.69) is 8.75 Å². The number of nitrogens with two attached hydrogens (primary N) is 1. The highest BCUT2D eigenvalue weighted by Gasteiger charge is 2.09. The summed E-state index contributed by atoms with van der Waals surface area (Å²) in [6, 6.07) is 6.21. The Morgan fingerprint density at radius 1 is 1.47 bits per heavy atom. The summed E-state index contributed by atoms with van der Waals surface area (Å²) in [4.78, 5) is 0. The highest BCUT2D eigenvalue weighted by Crippen LogP contribution is 2.14. The van der Waals surface area contributed by atoms with Crippen LogP contribution in [0.25, 0.3) is 0 Å². The zero-order valence-corrected chi connectivity index (χ0v) is 8.75. The molecule has 2 rings (SSSR count). The molecule has 0 saturated carbocycles. The van der Waals surface area contributed by atoms with Crippen molar-refractivity contribution in [2.45, 2.75) is 12.5 Å². The Bertz CT molecular complexity index is 430. The molecule has 1 atom stereocenters. The molecule has 0 saturated heterocycles. The maximum Gasteiger partial charge on any atom is 0.123 e. The van der Waals surface area contributed by atoms with Gasteiger partial charge in [0.15, 0.2) is 0 Å². The summed E-state index contributed by atoms with van der Waals surface area (Å²) in [6.07, 6.45) is 2.22. The number of rotatable bonds is 3. The Morgan fingerprint density at radius 2 is 2.33 bits per heavy atom. The van der Waals surface area contributed by atoms with Crippen molar-refractivity contribution in [3.05, 3.63) is 47.5 Å². The third kappa shape index (κ3) is 2.57. The highest BCUT2D eigenvalue weighted by atomic mass is 32.1. The van der Waals surface area contributed by atoms with Crippen LogP contribution in [0.2, 0.25) is 0 Å². The lowest BCUT2D eigenvalue weighted by atomic mass is 10.0. The van der Waals surface area contributed by atoms with Gasteiger partial charge in [-0.2, -0.15) is 8.75 Å². The molecule has 0 aliphatic heterocycles. The van der Waals surface area contributed by atoms with E-state index in [4.69, 9.17) is 5.73 Å². The van der Waals surface area contributed by atoms with Gasteiger partial charge >= 0.3 is 0 Å². The zero-order valence-electron chi connectivity index (χ0n) is 7.93. The molecule has 0 aliphatic carbocycles. The molecule has 15 heavy (non-hydrogen) atoms. The predicted molar refractivity (Wildman–Crippen MR) is 56.9 cm³/mol. The topological polar surface area (TPSA) is 51.8 Å². The monoisotopic (exact) mass is 223 g/mol. The van der Waals surface area contributed by atoms with E-state index in [1.807, 2.05) is 6.07 Å². The van der Waals surface area contributed by atoms with Gasteiger partial charge in [0.05, 0.1) is 29.7 Å². The fourth-order valence-electron chi connectivity index (χ4n) is 1.36. The first-order valence-electron chi connectivity index (χ1n) is 4.53. The summed E-state index contributed by atoms with van der Waals surface area (Å²) in [7, 11) is 0. The Hall–Kier alpha value is -1.33. The molecule has 3 nitrogen and oxygen atoms in total. The first-order valence-corrected chi connectivity index (χ1v) is 5.26. The van der Waals surface area contributed by atoms with E-state index in [1.54, 1.807) is 12.3 Å². The van der Waals surface area contributed by atoms with Gasteiger partial charge in [-0.1, -0.05) is 12.1 Å². The second kappa shape index (κ2) is 4.46. The standard InChI is InChI=1S/C10H10FN3S/c11-8-3-1-2-7(4-8)5-9(12)10-6-13-15-14-10/h1-4,6,9H,5,12H2. The van der Waals surface area contributed by atoms with Crippen molar-refractivity contribution in [1.82, 2.24) is 8.75 Å². The van der Waals surface area contributed by atoms with Crippen molar-refractivity contribution in [1.29, 1.82) is 0 Å². The molecule has 0 bridgehead atoms. The van der Waals surface area contributed by atoms with Gasteiger partial charge in [0.2, 0.25) is 0 Å². The lowest BCUT2D eigenvalue weighted by molar-refractivity contribution is 0.621. The minimum absolute atomic E-state index is 0.217. The number of hydrogen-bond acceptors (Lipinski definition) is 4. The van der Waals surface area contributed by atoms with Crippen LogP contribution in [0.1, 0.15) is 17.3 Å². The first kappa shape index (κ1) is 10.2. The predicted octanol–water partition coefficient (Wildman–Crippen LogP) is 1.92. The van der Waals surface area contributed by atoms with E-state index in [9.17, 15) is 4.39 Å². The van der Waals surface area contributed by atoms with Crippen LogP contribution in [0.3, 0.4) is 0 Å². The molecule has 5 heteroatoms. The second-order valence-electron chi connectivity index (χ2n) is 3.27. The smallest absolute Gasteiger partial charge is 0.123 e. The van der Waals surface area contributed by atoms with Crippen molar-refractivity contribution in [3.63, 3.8) is 0 Å². The summed E-state index contributed by atoms with van der Waals surface area (Å²) < 4.78 is 20.8. The highest BCUT2D eigenvalue weighted by molar-refractivity contribution is 6.99. The molecule has 1 aromatic carbocycles. The van der Waals surface area contributed by atoms with Gasteiger partial charge < -0.3 is 5.73 Å². The van der Waals surface area contributed by atoms with E-state index in [1.165, 1.54) is 12.1 Å². The maximum atomic E-state index is 12.9. The van der Waals surface area contributed by atoms with Crippen LogP contribution in [0.5, 0.6) is 0 Å². The van der Waals surface area contributed by atoms with Crippen LogP contribution < -0.4 is 5.73 Å². The van der Waals surface area contributed by atoms with E-state index >= 15 is 0 Å². The normalized spacial score (nSPS) is 12.7. The Balaban J connectivity index is 2.09. The number of benzene rings is 1. The molecule has 0 fully saturated rings. The summed E-state index contributed by atoms with van der Waals surface area (Å²) in [5.74, 6) is -0.240. The molecule has 0 aliphatic rings. The quantitative estimate of drug-likeness (QED) is 0.864. The molecule has 2 aromatic rings. The van der Waals surface area contributed by atoms with Crippen LogP contribution in [-0.2, 0) is 6.42 Å². The van der Waals surface area contributed by atoms with Crippen LogP contribution in [0.4, 0.5) is 4.39 Å². The maximum absolute atomic E-state index is 12.9. The third-order valence-electron chi connectivity index (χ3n) is 2.10. The molecule has 78 valence electrons. The molecular weight excluding hydrogens is 213 g/mol. The minimum Gasteiger partial charge on any atom is -0.322 e. The van der Waals surface area contributed by atoms with Crippen molar-refractivity contribution >= 4 is 11.7 Å². The number of aromatic nitrogens is 2. The summed E-state index contributed by atoms with van der Waals surface area (Å²) in [5.41, 5.74) is 7.53. The number of nitrogens with zero attached hydrogens (tertiary/aromatic N) is 2. The van der Waals surface area contributed by atoms with Gasteiger partial charge in [0, 0.05) is 0 Å². The van der Waals surface area contributed by atoms with Crippen LogP contribution in [-0.4, -0.2) is 8.75 Å². The summed E-state index contributed by atoms with van der Waals surface area (Å²) in [5, 5.41) is 0. The van der Waals surface area contributed by atoms with Gasteiger partial charge in [-0.3, -0.25) is 0 Å². The Labute approximate surface area is 91.1 Å². The first-order chi connectivity index (χ1) is 7.25. The van der Waals surface area contributed by atoms with Crippen molar-refractivity contribution in [3.8, 4) is 0 Å². The summed E-state index contributed by atoms with van der Waals surface area (Å²) in [6.45, 7) is 0. The van der Waals surface area contributed by atoms with Gasteiger partial charge in [-0.25, -0.2) is 4.39 Å². The van der Waals surface area contributed by atoms with Crippen molar-refractivity contribution < 1.29 is 4.39 Å². The lowest BCUT2D eigenvalue weighted by Crippen LogP contribution is -2.13. The molecule has 0 spiro atoms. The van der Waals surface area contributed by atoms with E-state index < -0.39 is 0 Å². The SMILES string of the molecule is NC(Cc1cccc(F)c1)c1cnsn1. The Kier molecular flexibility index (Phi) is 3.03. The van der Waals surface area contributed by atoms with Gasteiger partial charge in [0.25, 0.3) is 0 Å². The van der Waals surface area contributed by atoms with Crippen LogP contribution in [0.15, 0.2) is 30.5 Å². The van der Waals surface area contributed by atoms with Gasteiger partial charge in [0.1, 0.15) is 5.82 Å². The average Bonchev–Trinajstić information content (AvgIpc) is 2.70. The Morgan fingerprint density at radius 3 is 3.00 bits per heavy atom. The lowest BCUT2D eigenvalue weighted by Gasteiger charge is -2.07. The van der Waals surface area contributed by atoms with Crippen LogP contribution in [0, 0.1) is 5.82 Å². The van der Waals surface area contributed by atoms with E-state index in [-0.39, 0.29) is 11.9 Å². The van der Waals surface area contributed by atoms with Crippen molar-refractivity contribution in [2.24, 2.45) is 5.73 Å². The zero-order chi connectivity index (χ0) is 10.7. The minimum atomic E-state index is -0.240. The molecule has 0 amide bonds. The largest absolute Gasteiger partial charge is 0.322 e. The molecular formula is C10H10FN3S. The third-order valence-corrected chi connectivity index (χ3v) is 2.60. The molecule has 0 radical (unpaired) electrons. The number of hydrogen-bond donors (Lipinski definition) is 1. The molecule has 2 N–H and O–H groups in total. The fourth-order valence-corrected chi connectivity index (χ4v) is 1.84. The van der Waals surface area contributed by atoms with Gasteiger partial charge in [-0.15, -0.1) is 0 Å². The van der Waals surface area contributed by atoms with Gasteiger partial charge in [-0.05, 0) is 24.1 Å². The second-order valence-corrected chi connectivity index (χ2v) is 3.83. The molecule has 1 heterocycles. The van der Waals surface area contributed by atoms with Crippen molar-refractivity contribution in [2.75, 3.05) is 0 Å².